The van der Waals surface area contributed by atoms with E-state index in [0.717, 1.165) is 10.4 Å². The van der Waals surface area contributed by atoms with Gasteiger partial charge in [0.05, 0.1) is 33.1 Å². The van der Waals surface area contributed by atoms with Crippen LogP contribution in [0.1, 0.15) is 29.3 Å². The number of amides is 1. The van der Waals surface area contributed by atoms with Crippen LogP contribution in [0.2, 0.25) is 0 Å². The number of benzene rings is 2. The minimum atomic E-state index is -3.73. The monoisotopic (exact) mass is 574 g/mol. The van der Waals surface area contributed by atoms with E-state index in [9.17, 15) is 13.2 Å². The van der Waals surface area contributed by atoms with Gasteiger partial charge in [-0.2, -0.15) is 4.31 Å². The van der Waals surface area contributed by atoms with Gasteiger partial charge in [-0.1, -0.05) is 42.5 Å². The summed E-state index contributed by atoms with van der Waals surface area (Å²) < 4.78 is 44.4. The Hall–Kier alpha value is -2.92. The first kappa shape index (κ1) is 30.6. The van der Waals surface area contributed by atoms with Crippen molar-refractivity contribution in [3.05, 3.63) is 82.0 Å². The third kappa shape index (κ3) is 9.65. The lowest BCUT2D eigenvalue weighted by Gasteiger charge is -2.27. The third-order valence-electron chi connectivity index (χ3n) is 6.20. The third-order valence-corrected chi connectivity index (χ3v) is 8.85. The quantitative estimate of drug-likeness (QED) is 0.219. The zero-order valence-electron chi connectivity index (χ0n) is 22.9. The molecule has 3 aromatic rings. The van der Waals surface area contributed by atoms with E-state index in [-0.39, 0.29) is 24.7 Å². The highest BCUT2D eigenvalue weighted by Crippen LogP contribution is 2.28. The number of nitrogens with zero attached hydrogens (tertiary/aromatic N) is 2. The van der Waals surface area contributed by atoms with Gasteiger partial charge in [0.2, 0.25) is 15.9 Å². The second-order valence-corrected chi connectivity index (χ2v) is 12.0. The largest absolute Gasteiger partial charge is 0.493 e. The molecule has 1 aromatic heterocycles. The molecule has 0 spiro atoms. The summed E-state index contributed by atoms with van der Waals surface area (Å²) in [6.07, 6.45) is 1.09. The number of carbonyl (C=O) groups is 1. The number of sulfonamides is 1. The van der Waals surface area contributed by atoms with E-state index in [1.807, 2.05) is 60.8 Å². The highest BCUT2D eigenvalue weighted by molar-refractivity contribution is 7.88. The van der Waals surface area contributed by atoms with Gasteiger partial charge in [-0.25, -0.2) is 8.42 Å². The van der Waals surface area contributed by atoms with E-state index in [2.05, 4.69) is 0 Å². The van der Waals surface area contributed by atoms with Crippen molar-refractivity contribution in [2.45, 2.75) is 32.1 Å². The number of ether oxygens (including phenoxy) is 3. The smallest absolute Gasteiger partial charge is 0.238 e. The van der Waals surface area contributed by atoms with Crippen LogP contribution >= 0.6 is 11.3 Å². The molecule has 3 rings (SSSR count). The molecular formula is C29H38N2O6S2. The summed E-state index contributed by atoms with van der Waals surface area (Å²) in [6, 6.07) is 18.6. The average molecular weight is 575 g/mol. The molecule has 212 valence electrons. The second-order valence-electron chi connectivity index (χ2n) is 8.96. The fraction of sp³-hybridized carbons (Fsp3) is 0.414. The Balaban J connectivity index is 1.78. The van der Waals surface area contributed by atoms with E-state index >= 15 is 0 Å². The molecule has 2 aromatic carbocycles. The predicted molar refractivity (Wildman–Crippen MR) is 155 cm³/mol. The summed E-state index contributed by atoms with van der Waals surface area (Å²) in [6.45, 7) is 3.71. The molecule has 0 bridgehead atoms. The van der Waals surface area contributed by atoms with Crippen molar-refractivity contribution in [3.63, 3.8) is 0 Å². The van der Waals surface area contributed by atoms with Gasteiger partial charge in [0.1, 0.15) is 0 Å². The van der Waals surface area contributed by atoms with E-state index in [0.29, 0.717) is 56.2 Å². The Morgan fingerprint density at radius 2 is 1.69 bits per heavy atom. The Morgan fingerprint density at radius 3 is 2.36 bits per heavy atom. The van der Waals surface area contributed by atoms with Crippen molar-refractivity contribution in [2.24, 2.45) is 0 Å². The van der Waals surface area contributed by atoms with Crippen LogP contribution in [0.5, 0.6) is 11.5 Å². The number of methoxy groups -OCH3 is 2. The minimum absolute atomic E-state index is 0.160. The molecule has 0 radical (unpaired) electrons. The number of rotatable bonds is 17. The van der Waals surface area contributed by atoms with Gasteiger partial charge in [0, 0.05) is 31.2 Å². The lowest BCUT2D eigenvalue weighted by atomic mass is 10.1. The van der Waals surface area contributed by atoms with Crippen molar-refractivity contribution >= 4 is 27.3 Å². The van der Waals surface area contributed by atoms with Crippen LogP contribution in [0.4, 0.5) is 0 Å². The van der Waals surface area contributed by atoms with Crippen LogP contribution in [0, 0.1) is 0 Å². The zero-order chi connectivity index (χ0) is 28.1. The van der Waals surface area contributed by atoms with Crippen LogP contribution in [0.15, 0.2) is 66.0 Å². The molecule has 0 saturated heterocycles. The number of hydrogen-bond acceptors (Lipinski definition) is 7. The Kier molecular flexibility index (Phi) is 12.3. The molecule has 1 heterocycles. The molecule has 0 aliphatic carbocycles. The number of thiophene rings is 1. The predicted octanol–water partition coefficient (Wildman–Crippen LogP) is 4.60. The van der Waals surface area contributed by atoms with Gasteiger partial charge in [-0.05, 0) is 54.5 Å². The van der Waals surface area contributed by atoms with E-state index in [1.54, 1.807) is 42.6 Å². The highest BCUT2D eigenvalue weighted by atomic mass is 32.2. The van der Waals surface area contributed by atoms with Gasteiger partial charge in [-0.3, -0.25) is 4.79 Å². The van der Waals surface area contributed by atoms with E-state index < -0.39 is 10.0 Å². The van der Waals surface area contributed by atoms with Crippen LogP contribution < -0.4 is 9.47 Å². The summed E-state index contributed by atoms with van der Waals surface area (Å²) in [5, 5.41) is 1.97. The molecular weight excluding hydrogens is 536 g/mol. The van der Waals surface area contributed by atoms with E-state index in [4.69, 9.17) is 14.2 Å². The molecule has 8 nitrogen and oxygen atoms in total. The van der Waals surface area contributed by atoms with Crippen molar-refractivity contribution in [1.82, 2.24) is 9.21 Å². The average Bonchev–Trinajstić information content (AvgIpc) is 3.46. The Labute approximate surface area is 236 Å². The fourth-order valence-corrected chi connectivity index (χ4v) is 6.34. The van der Waals surface area contributed by atoms with Crippen molar-refractivity contribution in [1.29, 1.82) is 0 Å². The molecule has 0 saturated carbocycles. The molecule has 39 heavy (non-hydrogen) atoms. The second kappa shape index (κ2) is 15.6. The minimum Gasteiger partial charge on any atom is -0.493 e. The molecule has 10 heteroatoms. The normalized spacial score (nSPS) is 11.5. The molecule has 0 aliphatic rings. The van der Waals surface area contributed by atoms with Gasteiger partial charge >= 0.3 is 0 Å². The van der Waals surface area contributed by atoms with Gasteiger partial charge < -0.3 is 19.1 Å². The first-order valence-electron chi connectivity index (χ1n) is 13.0. The van der Waals surface area contributed by atoms with Gasteiger partial charge in [0.25, 0.3) is 0 Å². The number of hydrogen-bond donors (Lipinski definition) is 0. The van der Waals surface area contributed by atoms with Crippen LogP contribution in [0.25, 0.3) is 0 Å². The topological polar surface area (TPSA) is 85.4 Å². The Bertz CT molecular complexity index is 1250. The van der Waals surface area contributed by atoms with Crippen LogP contribution in [0.3, 0.4) is 0 Å². The van der Waals surface area contributed by atoms with E-state index in [1.165, 1.54) is 4.31 Å². The molecule has 1 amide bonds. The first-order valence-corrected chi connectivity index (χ1v) is 15.5. The highest BCUT2D eigenvalue weighted by Gasteiger charge is 2.27. The maximum absolute atomic E-state index is 13.7. The van der Waals surface area contributed by atoms with Crippen LogP contribution in [-0.2, 0) is 38.3 Å². The standard InChI is InChI=1S/C29H38N2O6S2/c1-4-37-18-9-16-31(39(33,34)23-25-10-6-5-7-11-25)22-29(32)30(21-26-12-8-19-38-26)17-15-24-13-14-27(35-2)28(20-24)36-3/h5-8,10-14,19-20H,4,9,15-18,21-23H2,1-3H3. The number of carbonyl (C=O) groups excluding carboxylic acids is 1. The summed E-state index contributed by atoms with van der Waals surface area (Å²) in [7, 11) is -0.559. The summed E-state index contributed by atoms with van der Waals surface area (Å²) in [5.74, 6) is 0.862. The zero-order valence-corrected chi connectivity index (χ0v) is 24.5. The maximum Gasteiger partial charge on any atom is 0.238 e. The lowest BCUT2D eigenvalue weighted by Crippen LogP contribution is -2.44. The maximum atomic E-state index is 13.7. The fourth-order valence-electron chi connectivity index (χ4n) is 4.11. The van der Waals surface area contributed by atoms with Gasteiger partial charge in [0.15, 0.2) is 11.5 Å². The Morgan fingerprint density at radius 1 is 0.923 bits per heavy atom. The molecule has 0 atom stereocenters. The molecule has 0 N–H and O–H groups in total. The van der Waals surface area contributed by atoms with Crippen molar-refractivity contribution in [3.8, 4) is 11.5 Å². The molecule has 0 aliphatic heterocycles. The summed E-state index contributed by atoms with van der Waals surface area (Å²) in [5.41, 5.74) is 1.67. The molecule has 0 unspecified atom stereocenters. The lowest BCUT2D eigenvalue weighted by molar-refractivity contribution is -0.132. The summed E-state index contributed by atoms with van der Waals surface area (Å²) in [4.78, 5) is 16.4. The summed E-state index contributed by atoms with van der Waals surface area (Å²) >= 11 is 1.57. The van der Waals surface area contributed by atoms with Crippen LogP contribution in [-0.4, -0.2) is 70.6 Å². The van der Waals surface area contributed by atoms with Gasteiger partial charge in [-0.15, -0.1) is 11.3 Å². The van der Waals surface area contributed by atoms with Crippen molar-refractivity contribution in [2.75, 3.05) is 47.1 Å². The SMILES string of the molecule is CCOCCCN(CC(=O)N(CCc1ccc(OC)c(OC)c1)Cc1cccs1)S(=O)(=O)Cc1ccccc1. The molecule has 0 fully saturated rings. The first-order chi connectivity index (χ1) is 18.9. The van der Waals surface area contributed by atoms with Crippen molar-refractivity contribution < 1.29 is 27.4 Å².